The van der Waals surface area contributed by atoms with Crippen LogP contribution in [-0.4, -0.2) is 16.2 Å². The predicted octanol–water partition coefficient (Wildman–Crippen LogP) is 3.45. The van der Waals surface area contributed by atoms with Crippen LogP contribution in [0, 0.1) is 0 Å². The number of hydrogen-bond acceptors (Lipinski definition) is 5. The monoisotopic (exact) mass is 341 g/mol. The molecule has 3 aromatic carbocycles. The van der Waals surface area contributed by atoms with E-state index in [0.717, 1.165) is 22.0 Å². The van der Waals surface area contributed by atoms with Crippen molar-refractivity contribution in [3.05, 3.63) is 84.4 Å². The van der Waals surface area contributed by atoms with Gasteiger partial charge in [-0.1, -0.05) is 48.5 Å². The van der Waals surface area contributed by atoms with E-state index in [4.69, 9.17) is 4.74 Å². The van der Waals surface area contributed by atoms with Gasteiger partial charge in [-0.15, -0.1) is 10.2 Å². The Labute approximate surface area is 149 Å². The quantitative estimate of drug-likeness (QED) is 0.568. The van der Waals surface area contributed by atoms with Crippen LogP contribution in [0.4, 0.5) is 0 Å². The van der Waals surface area contributed by atoms with Gasteiger partial charge in [-0.25, -0.2) is 0 Å². The first-order chi connectivity index (χ1) is 12.7. The molecule has 0 radical (unpaired) electrons. The number of hydrogen-bond donors (Lipinski definition) is 0. The van der Waals surface area contributed by atoms with Crippen LogP contribution in [0.15, 0.2) is 78.9 Å². The minimum atomic E-state index is -1.23. The Morgan fingerprint density at radius 3 is 2.12 bits per heavy atom. The lowest BCUT2D eigenvalue weighted by Crippen LogP contribution is -2.21. The molecular formula is C21H13N2O3-. The number of carboxylic acid groups (broad SMARTS) is 1. The smallest absolute Gasteiger partial charge is 0.246 e. The van der Waals surface area contributed by atoms with E-state index in [0.29, 0.717) is 11.6 Å². The van der Waals surface area contributed by atoms with E-state index in [1.54, 1.807) is 12.1 Å². The number of aromatic nitrogens is 2. The fourth-order valence-electron chi connectivity index (χ4n) is 2.73. The molecule has 0 amide bonds. The predicted molar refractivity (Wildman–Crippen MR) is 95.8 cm³/mol. The summed E-state index contributed by atoms with van der Waals surface area (Å²) in [4.78, 5) is 10.8. The molecule has 0 fully saturated rings. The fraction of sp³-hybridized carbons (Fsp3) is 0. The standard InChI is InChI=1S/C21H14N2O3/c24-21(25)15-10-12-16(13-11-15)26-20-18-9-5-4-8-17(18)19(22-23-20)14-6-2-1-3-7-14/h1-13H,(H,24,25)/p-1. The van der Waals surface area contributed by atoms with Gasteiger partial charge in [-0.2, -0.15) is 0 Å². The van der Waals surface area contributed by atoms with E-state index in [1.807, 2.05) is 54.6 Å². The highest BCUT2D eigenvalue weighted by Gasteiger charge is 2.12. The lowest BCUT2D eigenvalue weighted by Gasteiger charge is -2.11. The maximum absolute atomic E-state index is 10.8. The van der Waals surface area contributed by atoms with Gasteiger partial charge in [-0.05, 0) is 35.9 Å². The van der Waals surface area contributed by atoms with Crippen LogP contribution in [0.5, 0.6) is 11.6 Å². The van der Waals surface area contributed by atoms with Crippen molar-refractivity contribution in [2.75, 3.05) is 0 Å². The van der Waals surface area contributed by atoms with Crippen molar-refractivity contribution in [1.29, 1.82) is 0 Å². The number of rotatable bonds is 4. The average Bonchev–Trinajstić information content (AvgIpc) is 2.69. The number of nitrogens with zero attached hydrogens (tertiary/aromatic N) is 2. The highest BCUT2D eigenvalue weighted by atomic mass is 16.5. The molecule has 1 heterocycles. The van der Waals surface area contributed by atoms with Crippen LogP contribution in [-0.2, 0) is 0 Å². The summed E-state index contributed by atoms with van der Waals surface area (Å²) in [6, 6.07) is 23.5. The maximum atomic E-state index is 10.8. The minimum absolute atomic E-state index is 0.0905. The van der Waals surface area contributed by atoms with Gasteiger partial charge in [0.2, 0.25) is 5.88 Å². The van der Waals surface area contributed by atoms with E-state index >= 15 is 0 Å². The second-order valence-corrected chi connectivity index (χ2v) is 5.68. The molecule has 0 N–H and O–H groups in total. The highest BCUT2D eigenvalue weighted by Crippen LogP contribution is 2.32. The number of benzene rings is 3. The number of aromatic carboxylic acids is 1. The Balaban J connectivity index is 1.76. The molecule has 0 aliphatic heterocycles. The second-order valence-electron chi connectivity index (χ2n) is 5.68. The van der Waals surface area contributed by atoms with Crippen LogP contribution >= 0.6 is 0 Å². The summed E-state index contributed by atoms with van der Waals surface area (Å²) < 4.78 is 5.83. The number of carbonyl (C=O) groups is 1. The third-order valence-corrected chi connectivity index (χ3v) is 4.01. The molecule has 0 aliphatic carbocycles. The van der Waals surface area contributed by atoms with E-state index in [9.17, 15) is 9.90 Å². The highest BCUT2D eigenvalue weighted by molar-refractivity contribution is 5.97. The molecule has 5 heteroatoms. The summed E-state index contributed by atoms with van der Waals surface area (Å²) in [5, 5.41) is 21.2. The van der Waals surface area contributed by atoms with Crippen molar-refractivity contribution in [2.45, 2.75) is 0 Å². The fourth-order valence-corrected chi connectivity index (χ4v) is 2.73. The third-order valence-electron chi connectivity index (χ3n) is 4.01. The van der Waals surface area contributed by atoms with E-state index in [2.05, 4.69) is 10.2 Å². The van der Waals surface area contributed by atoms with Crippen molar-refractivity contribution >= 4 is 16.7 Å². The number of carboxylic acids is 1. The number of fused-ring (bicyclic) bond motifs is 1. The SMILES string of the molecule is O=C([O-])c1ccc(Oc2nnc(-c3ccccc3)c3ccccc23)cc1. The molecular weight excluding hydrogens is 328 g/mol. The first-order valence-electron chi connectivity index (χ1n) is 8.02. The Morgan fingerprint density at radius 1 is 0.769 bits per heavy atom. The van der Waals surface area contributed by atoms with Crippen LogP contribution in [0.25, 0.3) is 22.0 Å². The lowest BCUT2D eigenvalue weighted by atomic mass is 10.1. The van der Waals surface area contributed by atoms with E-state index in [-0.39, 0.29) is 5.56 Å². The van der Waals surface area contributed by atoms with Gasteiger partial charge < -0.3 is 14.6 Å². The van der Waals surface area contributed by atoms with Gasteiger partial charge in [0.15, 0.2) is 0 Å². The normalized spacial score (nSPS) is 10.6. The molecule has 0 unspecified atom stereocenters. The first kappa shape index (κ1) is 15.8. The zero-order valence-electron chi connectivity index (χ0n) is 13.6. The molecule has 26 heavy (non-hydrogen) atoms. The van der Waals surface area contributed by atoms with Crippen LogP contribution < -0.4 is 9.84 Å². The zero-order valence-corrected chi connectivity index (χ0v) is 13.6. The molecule has 0 atom stereocenters. The molecule has 0 saturated carbocycles. The Morgan fingerprint density at radius 2 is 1.42 bits per heavy atom. The van der Waals surface area contributed by atoms with Crippen LogP contribution in [0.3, 0.4) is 0 Å². The third kappa shape index (κ3) is 2.98. The molecule has 5 nitrogen and oxygen atoms in total. The molecule has 0 saturated heterocycles. The van der Waals surface area contributed by atoms with E-state index in [1.165, 1.54) is 12.1 Å². The van der Waals surface area contributed by atoms with Gasteiger partial charge in [0.25, 0.3) is 0 Å². The van der Waals surface area contributed by atoms with Gasteiger partial charge in [-0.3, -0.25) is 0 Å². The molecule has 126 valence electrons. The van der Waals surface area contributed by atoms with E-state index < -0.39 is 5.97 Å². The van der Waals surface area contributed by atoms with Crippen molar-refractivity contribution in [3.8, 4) is 22.9 Å². The van der Waals surface area contributed by atoms with Gasteiger partial charge >= 0.3 is 0 Å². The molecule has 0 aliphatic rings. The van der Waals surface area contributed by atoms with Crippen LogP contribution in [0.2, 0.25) is 0 Å². The number of ether oxygens (including phenoxy) is 1. The van der Waals surface area contributed by atoms with Crippen molar-refractivity contribution in [3.63, 3.8) is 0 Å². The van der Waals surface area contributed by atoms with Crippen molar-refractivity contribution in [1.82, 2.24) is 10.2 Å². The second kappa shape index (κ2) is 6.64. The summed E-state index contributed by atoms with van der Waals surface area (Å²) in [5.41, 5.74) is 1.84. The Hall–Kier alpha value is -3.73. The molecule has 4 aromatic rings. The minimum Gasteiger partial charge on any atom is -0.545 e. The zero-order chi connectivity index (χ0) is 17.9. The molecule has 0 spiro atoms. The largest absolute Gasteiger partial charge is 0.545 e. The van der Waals surface area contributed by atoms with Crippen molar-refractivity contribution < 1.29 is 14.6 Å². The lowest BCUT2D eigenvalue weighted by molar-refractivity contribution is -0.255. The average molecular weight is 341 g/mol. The summed E-state index contributed by atoms with van der Waals surface area (Å²) >= 11 is 0. The molecule has 1 aromatic heterocycles. The van der Waals surface area contributed by atoms with Gasteiger partial charge in [0.1, 0.15) is 11.4 Å². The molecule has 4 rings (SSSR count). The summed E-state index contributed by atoms with van der Waals surface area (Å²) in [6.45, 7) is 0. The number of carbonyl (C=O) groups excluding carboxylic acids is 1. The van der Waals surface area contributed by atoms with Gasteiger partial charge in [0, 0.05) is 16.3 Å². The summed E-state index contributed by atoms with van der Waals surface area (Å²) in [6.07, 6.45) is 0. The van der Waals surface area contributed by atoms with Crippen molar-refractivity contribution in [2.24, 2.45) is 0 Å². The topological polar surface area (TPSA) is 75.1 Å². The maximum Gasteiger partial charge on any atom is 0.246 e. The summed E-state index contributed by atoms with van der Waals surface area (Å²) in [5.74, 6) is -0.391. The Bertz CT molecular complexity index is 1080. The van der Waals surface area contributed by atoms with Crippen LogP contribution in [0.1, 0.15) is 10.4 Å². The molecule has 0 bridgehead atoms. The first-order valence-corrected chi connectivity index (χ1v) is 8.02. The van der Waals surface area contributed by atoms with Gasteiger partial charge in [0.05, 0.1) is 5.97 Å². The summed E-state index contributed by atoms with van der Waals surface area (Å²) in [7, 11) is 0. The Kier molecular flexibility index (Phi) is 4.03.